The van der Waals surface area contributed by atoms with Crippen LogP contribution in [-0.4, -0.2) is 26.8 Å². The van der Waals surface area contributed by atoms with E-state index in [1.165, 1.54) is 5.52 Å². The highest BCUT2D eigenvalue weighted by atomic mass is 16.5. The molecule has 0 saturated heterocycles. The highest BCUT2D eigenvalue weighted by molar-refractivity contribution is 5.90. The molecule has 0 atom stereocenters. The van der Waals surface area contributed by atoms with Crippen LogP contribution in [0.5, 0.6) is 11.5 Å². The lowest BCUT2D eigenvalue weighted by Gasteiger charge is -2.12. The van der Waals surface area contributed by atoms with E-state index >= 15 is 0 Å². The van der Waals surface area contributed by atoms with Crippen LogP contribution in [0.1, 0.15) is 6.92 Å². The molecule has 6 nitrogen and oxygen atoms in total. The summed E-state index contributed by atoms with van der Waals surface area (Å²) in [6.45, 7) is 3.03. The molecule has 3 N–H and O–H groups in total. The standard InChI is InChI=1S/C21H20N4O2/c1-3-25-9-8-14-10-13(4-7-18(14)25)17-12-23-21(22)24-20(17)16-6-5-15(27-2)11-19(16)26/h4-12,26H,3H2,1-2H3,(H2,22,23,24). The number of rotatable bonds is 4. The maximum Gasteiger partial charge on any atom is 0.220 e. The van der Waals surface area contributed by atoms with Gasteiger partial charge in [-0.15, -0.1) is 0 Å². The Morgan fingerprint density at radius 1 is 1.11 bits per heavy atom. The Morgan fingerprint density at radius 2 is 1.96 bits per heavy atom. The highest BCUT2D eigenvalue weighted by Crippen LogP contribution is 2.38. The van der Waals surface area contributed by atoms with Crippen LogP contribution < -0.4 is 10.5 Å². The van der Waals surface area contributed by atoms with E-state index in [0.717, 1.165) is 23.1 Å². The van der Waals surface area contributed by atoms with Crippen molar-refractivity contribution in [1.82, 2.24) is 14.5 Å². The maximum absolute atomic E-state index is 10.5. The first-order valence-corrected chi connectivity index (χ1v) is 8.70. The number of ether oxygens (including phenoxy) is 1. The molecule has 27 heavy (non-hydrogen) atoms. The first kappa shape index (κ1) is 16.9. The van der Waals surface area contributed by atoms with Crippen LogP contribution in [0.3, 0.4) is 0 Å². The second kappa shape index (κ2) is 6.64. The summed E-state index contributed by atoms with van der Waals surface area (Å²) < 4.78 is 7.36. The molecule has 0 aliphatic heterocycles. The van der Waals surface area contributed by atoms with Crippen molar-refractivity contribution in [2.45, 2.75) is 13.5 Å². The number of phenols is 1. The van der Waals surface area contributed by atoms with Crippen LogP contribution >= 0.6 is 0 Å². The zero-order chi connectivity index (χ0) is 19.0. The second-order valence-corrected chi connectivity index (χ2v) is 6.25. The summed E-state index contributed by atoms with van der Waals surface area (Å²) in [6.07, 6.45) is 3.77. The molecule has 0 spiro atoms. The number of aromatic hydroxyl groups is 1. The number of nitrogens with zero attached hydrogens (tertiary/aromatic N) is 3. The van der Waals surface area contributed by atoms with Crippen LogP contribution in [0, 0.1) is 0 Å². The first-order chi connectivity index (χ1) is 13.1. The molecule has 2 aromatic carbocycles. The van der Waals surface area contributed by atoms with E-state index in [9.17, 15) is 5.11 Å². The smallest absolute Gasteiger partial charge is 0.220 e. The largest absolute Gasteiger partial charge is 0.507 e. The summed E-state index contributed by atoms with van der Waals surface area (Å²) in [5.41, 5.74) is 9.92. The predicted molar refractivity (Wildman–Crippen MR) is 107 cm³/mol. The summed E-state index contributed by atoms with van der Waals surface area (Å²) in [5, 5.41) is 11.6. The number of anilines is 1. The van der Waals surface area contributed by atoms with Crippen molar-refractivity contribution in [3.8, 4) is 33.9 Å². The number of hydrogen-bond acceptors (Lipinski definition) is 5. The van der Waals surface area contributed by atoms with E-state index < -0.39 is 0 Å². The molecule has 0 aliphatic carbocycles. The van der Waals surface area contributed by atoms with Gasteiger partial charge in [-0.3, -0.25) is 0 Å². The van der Waals surface area contributed by atoms with Crippen LogP contribution in [0.15, 0.2) is 54.9 Å². The Bertz CT molecular complexity index is 1130. The minimum Gasteiger partial charge on any atom is -0.507 e. The van der Waals surface area contributed by atoms with Crippen molar-refractivity contribution >= 4 is 16.9 Å². The van der Waals surface area contributed by atoms with Crippen molar-refractivity contribution in [2.75, 3.05) is 12.8 Å². The molecule has 4 aromatic rings. The molecule has 6 heteroatoms. The van der Waals surface area contributed by atoms with Gasteiger partial charge < -0.3 is 20.1 Å². The highest BCUT2D eigenvalue weighted by Gasteiger charge is 2.15. The average Bonchev–Trinajstić information content (AvgIpc) is 3.10. The normalized spacial score (nSPS) is 11.0. The van der Waals surface area contributed by atoms with Crippen LogP contribution in [0.2, 0.25) is 0 Å². The molecular weight excluding hydrogens is 340 g/mol. The van der Waals surface area contributed by atoms with Crippen molar-refractivity contribution in [1.29, 1.82) is 0 Å². The van der Waals surface area contributed by atoms with Gasteiger partial charge in [0.25, 0.3) is 0 Å². The van der Waals surface area contributed by atoms with Crippen LogP contribution in [-0.2, 0) is 6.54 Å². The molecule has 0 fully saturated rings. The number of nitrogen functional groups attached to an aromatic ring is 1. The number of methoxy groups -OCH3 is 1. The molecular formula is C21H20N4O2. The Labute approximate surface area is 156 Å². The number of aromatic nitrogens is 3. The first-order valence-electron chi connectivity index (χ1n) is 8.70. The van der Waals surface area contributed by atoms with E-state index in [-0.39, 0.29) is 11.7 Å². The lowest BCUT2D eigenvalue weighted by molar-refractivity contribution is 0.408. The van der Waals surface area contributed by atoms with Crippen molar-refractivity contribution in [3.05, 3.63) is 54.9 Å². The van der Waals surface area contributed by atoms with E-state index in [1.54, 1.807) is 31.5 Å². The quantitative estimate of drug-likeness (QED) is 0.573. The van der Waals surface area contributed by atoms with Gasteiger partial charge in [0, 0.05) is 47.0 Å². The Morgan fingerprint density at radius 3 is 2.70 bits per heavy atom. The van der Waals surface area contributed by atoms with Gasteiger partial charge in [-0.2, -0.15) is 0 Å². The zero-order valence-corrected chi connectivity index (χ0v) is 15.2. The molecule has 2 heterocycles. The van der Waals surface area contributed by atoms with Crippen LogP contribution in [0.4, 0.5) is 5.95 Å². The molecule has 4 rings (SSSR count). The molecule has 2 aromatic heterocycles. The monoisotopic (exact) mass is 360 g/mol. The van der Waals surface area contributed by atoms with Crippen molar-refractivity contribution in [2.24, 2.45) is 0 Å². The summed E-state index contributed by atoms with van der Waals surface area (Å²) in [7, 11) is 1.56. The third-order valence-electron chi connectivity index (χ3n) is 4.69. The minimum absolute atomic E-state index is 0.0758. The number of hydrogen-bond donors (Lipinski definition) is 2. The number of aryl methyl sites for hydroxylation is 1. The van der Waals surface area contributed by atoms with Gasteiger partial charge in [0.1, 0.15) is 11.5 Å². The summed E-state index contributed by atoms with van der Waals surface area (Å²) in [4.78, 5) is 8.56. The van der Waals surface area contributed by atoms with Crippen molar-refractivity contribution in [3.63, 3.8) is 0 Å². The topological polar surface area (TPSA) is 86.2 Å². The lowest BCUT2D eigenvalue weighted by Crippen LogP contribution is -1.99. The van der Waals surface area contributed by atoms with E-state index in [0.29, 0.717) is 17.0 Å². The third kappa shape index (κ3) is 2.95. The number of benzene rings is 2. The Balaban J connectivity index is 1.89. The minimum atomic E-state index is 0.0758. The molecule has 0 bridgehead atoms. The number of phenolic OH excluding ortho intramolecular Hbond substituents is 1. The SMILES string of the molecule is CCn1ccc2cc(-c3cnc(N)nc3-c3ccc(OC)cc3O)ccc21. The summed E-state index contributed by atoms with van der Waals surface area (Å²) in [5.74, 6) is 0.802. The zero-order valence-electron chi connectivity index (χ0n) is 15.2. The molecule has 0 radical (unpaired) electrons. The van der Waals surface area contributed by atoms with Gasteiger partial charge in [-0.25, -0.2) is 9.97 Å². The number of fused-ring (bicyclic) bond motifs is 1. The maximum atomic E-state index is 10.5. The van der Waals surface area contributed by atoms with Gasteiger partial charge in [0.2, 0.25) is 5.95 Å². The number of nitrogens with two attached hydrogens (primary N) is 1. The van der Waals surface area contributed by atoms with Gasteiger partial charge in [-0.1, -0.05) is 6.07 Å². The summed E-state index contributed by atoms with van der Waals surface area (Å²) in [6, 6.07) is 13.4. The average molecular weight is 360 g/mol. The van der Waals surface area contributed by atoms with Crippen molar-refractivity contribution < 1.29 is 9.84 Å². The molecule has 0 unspecified atom stereocenters. The van der Waals surface area contributed by atoms with Gasteiger partial charge in [-0.05, 0) is 42.8 Å². The fraction of sp³-hybridized carbons (Fsp3) is 0.143. The Kier molecular flexibility index (Phi) is 4.16. The fourth-order valence-corrected chi connectivity index (χ4v) is 3.29. The summed E-state index contributed by atoms with van der Waals surface area (Å²) >= 11 is 0. The van der Waals surface area contributed by atoms with E-state index in [2.05, 4.69) is 45.9 Å². The molecule has 0 aliphatic rings. The van der Waals surface area contributed by atoms with E-state index in [4.69, 9.17) is 10.5 Å². The van der Waals surface area contributed by atoms with Gasteiger partial charge >= 0.3 is 0 Å². The van der Waals surface area contributed by atoms with Gasteiger partial charge in [0.15, 0.2) is 0 Å². The third-order valence-corrected chi connectivity index (χ3v) is 4.69. The lowest BCUT2D eigenvalue weighted by atomic mass is 9.99. The molecule has 0 amide bonds. The molecule has 136 valence electrons. The fourth-order valence-electron chi connectivity index (χ4n) is 3.29. The van der Waals surface area contributed by atoms with Crippen LogP contribution in [0.25, 0.3) is 33.3 Å². The second-order valence-electron chi connectivity index (χ2n) is 6.25. The van der Waals surface area contributed by atoms with Gasteiger partial charge in [0.05, 0.1) is 12.8 Å². The molecule has 0 saturated carbocycles. The Hall–Kier alpha value is -3.54. The predicted octanol–water partition coefficient (Wildman–Crippen LogP) is 4.08. The van der Waals surface area contributed by atoms with E-state index in [1.807, 2.05) is 6.07 Å².